The Morgan fingerprint density at radius 2 is 1.81 bits per heavy atom. The first-order valence-corrected chi connectivity index (χ1v) is 14.3. The van der Waals surface area contributed by atoms with Crippen molar-refractivity contribution in [3.05, 3.63) is 53.0 Å². The first-order chi connectivity index (χ1) is 17.3. The number of anilines is 1. The summed E-state index contributed by atoms with van der Waals surface area (Å²) in [6.07, 6.45) is 7.02. The van der Waals surface area contributed by atoms with E-state index in [1.807, 2.05) is 50.3 Å². The number of thiophene rings is 1. The van der Waals surface area contributed by atoms with Crippen molar-refractivity contribution in [1.29, 1.82) is 0 Å². The van der Waals surface area contributed by atoms with Crippen LogP contribution in [0, 0.1) is 0 Å². The molecule has 36 heavy (non-hydrogen) atoms. The fourth-order valence-corrected chi connectivity index (χ4v) is 6.34. The molecule has 1 aliphatic heterocycles. The van der Waals surface area contributed by atoms with Gasteiger partial charge in [0.1, 0.15) is 11.3 Å². The molecule has 2 aliphatic rings. The number of aldehydes is 1. The van der Waals surface area contributed by atoms with E-state index in [4.69, 9.17) is 4.74 Å². The Balaban J connectivity index is 0.000000153. The van der Waals surface area contributed by atoms with Crippen molar-refractivity contribution in [2.24, 2.45) is 0 Å². The summed E-state index contributed by atoms with van der Waals surface area (Å²) >= 11 is -3.25. The predicted molar refractivity (Wildman–Crippen MR) is 145 cm³/mol. The fourth-order valence-electron chi connectivity index (χ4n) is 4.42. The molecular formula is C26H34F3N3O2S2. The predicted octanol–water partition coefficient (Wildman–Crippen LogP) is 7.68. The Morgan fingerprint density at radius 1 is 1.08 bits per heavy atom. The van der Waals surface area contributed by atoms with E-state index in [0.717, 1.165) is 65.1 Å². The standard InChI is InChI=1S/C10H10N2OS.C10H13NO.C6H11F3S/c1-12(2)10-8(6-13)14-7-4-3-5-11-9(7)10;1-11-9-6-7-12-10-5-3-2-4-8(9)10;7-10(8,9)6-4-2-1-3-5-6/h3-6H,1-2H3;2-5,9,11H,6-7H2,1H3;6H,1-5H2. The van der Waals surface area contributed by atoms with Gasteiger partial charge in [-0.15, -0.1) is 23.0 Å². The number of aromatic nitrogens is 1. The van der Waals surface area contributed by atoms with E-state index < -0.39 is 16.4 Å². The zero-order chi connectivity index (χ0) is 26.1. The van der Waals surface area contributed by atoms with Gasteiger partial charge in [0.25, 0.3) is 0 Å². The third-order valence-electron chi connectivity index (χ3n) is 6.24. The second-order valence-corrected chi connectivity index (χ2v) is 11.5. The summed E-state index contributed by atoms with van der Waals surface area (Å²) in [7, 11) is 5.83. The Morgan fingerprint density at radius 3 is 2.42 bits per heavy atom. The highest BCUT2D eigenvalue weighted by atomic mass is 32.3. The van der Waals surface area contributed by atoms with Gasteiger partial charge in [-0.05, 0) is 38.1 Å². The highest BCUT2D eigenvalue weighted by molar-refractivity contribution is 8.21. The van der Waals surface area contributed by atoms with Crippen LogP contribution in [0.3, 0.4) is 0 Å². The maximum Gasteiger partial charge on any atom is 0.211 e. The summed E-state index contributed by atoms with van der Waals surface area (Å²) in [5.74, 6) is 1.03. The van der Waals surface area contributed by atoms with Gasteiger partial charge >= 0.3 is 0 Å². The molecule has 1 unspecified atom stereocenters. The summed E-state index contributed by atoms with van der Waals surface area (Å²) in [4.78, 5) is 17.8. The highest BCUT2D eigenvalue weighted by Crippen LogP contribution is 2.61. The normalized spacial score (nSPS) is 18.0. The summed E-state index contributed by atoms with van der Waals surface area (Å²) in [5.41, 5.74) is 3.11. The number of rotatable bonds is 4. The molecule has 3 aromatic rings. The van der Waals surface area contributed by atoms with Crippen molar-refractivity contribution < 1.29 is 21.2 Å². The largest absolute Gasteiger partial charge is 0.493 e. The van der Waals surface area contributed by atoms with Crippen LogP contribution in [0.15, 0.2) is 42.6 Å². The number of carbonyl (C=O) groups is 1. The molecule has 2 aromatic heterocycles. The number of fused-ring (bicyclic) bond motifs is 2. The molecule has 1 aliphatic carbocycles. The van der Waals surface area contributed by atoms with Gasteiger partial charge in [0, 0.05) is 38.3 Å². The molecule has 198 valence electrons. The van der Waals surface area contributed by atoms with Gasteiger partial charge in [-0.25, -0.2) is 0 Å². The number of para-hydroxylation sites is 1. The van der Waals surface area contributed by atoms with Crippen molar-refractivity contribution in [2.75, 3.05) is 32.6 Å². The van der Waals surface area contributed by atoms with Crippen LogP contribution in [-0.2, 0) is 0 Å². The van der Waals surface area contributed by atoms with E-state index in [1.54, 1.807) is 6.20 Å². The van der Waals surface area contributed by atoms with Crippen molar-refractivity contribution in [3.8, 4) is 5.75 Å². The van der Waals surface area contributed by atoms with Crippen LogP contribution < -0.4 is 15.0 Å². The quantitative estimate of drug-likeness (QED) is 0.343. The van der Waals surface area contributed by atoms with Crippen LogP contribution in [0.1, 0.15) is 59.8 Å². The number of nitrogens with zero attached hydrogens (tertiary/aromatic N) is 2. The average Bonchev–Trinajstić information content (AvgIpc) is 3.28. The number of ether oxygens (including phenoxy) is 1. The van der Waals surface area contributed by atoms with Gasteiger partial charge in [0.15, 0.2) is 6.29 Å². The lowest BCUT2D eigenvalue weighted by Gasteiger charge is -2.25. The van der Waals surface area contributed by atoms with Crippen molar-refractivity contribution in [1.82, 2.24) is 10.3 Å². The zero-order valence-electron chi connectivity index (χ0n) is 20.9. The van der Waals surface area contributed by atoms with Gasteiger partial charge in [-0.3, -0.25) is 9.78 Å². The fraction of sp³-hybridized carbons (Fsp3) is 0.462. The first-order valence-electron chi connectivity index (χ1n) is 12.1. The maximum absolute atomic E-state index is 12.0. The number of hydrogen-bond donors (Lipinski definition) is 1. The third kappa shape index (κ3) is 7.36. The number of hydrogen-bond acceptors (Lipinski definition) is 6. The molecule has 0 bridgehead atoms. The summed E-state index contributed by atoms with van der Waals surface area (Å²) in [6, 6.07) is 12.5. The second kappa shape index (κ2) is 13.3. The minimum Gasteiger partial charge on any atom is -0.493 e. The molecule has 3 heterocycles. The summed E-state index contributed by atoms with van der Waals surface area (Å²) in [6.45, 7) is 0.822. The molecule has 5 rings (SSSR count). The molecule has 1 fully saturated rings. The number of pyridine rings is 1. The van der Waals surface area contributed by atoms with Gasteiger partial charge < -0.3 is 15.0 Å². The topological polar surface area (TPSA) is 54.5 Å². The maximum atomic E-state index is 12.0. The van der Waals surface area contributed by atoms with Gasteiger partial charge in [0.05, 0.1) is 27.1 Å². The van der Waals surface area contributed by atoms with E-state index in [0.29, 0.717) is 18.9 Å². The first kappa shape index (κ1) is 28.3. The van der Waals surface area contributed by atoms with Crippen molar-refractivity contribution in [2.45, 2.75) is 49.8 Å². The molecule has 0 saturated heterocycles. The third-order valence-corrected chi connectivity index (χ3v) is 8.53. The molecule has 0 amide bonds. The molecular weight excluding hydrogens is 507 g/mol. The van der Waals surface area contributed by atoms with Crippen LogP contribution in [-0.4, -0.2) is 44.3 Å². The van der Waals surface area contributed by atoms with Crippen LogP contribution >= 0.6 is 22.5 Å². The van der Waals surface area contributed by atoms with E-state index in [2.05, 4.69) is 22.4 Å². The number of carbonyl (C=O) groups excluding carboxylic acids is 1. The molecule has 0 spiro atoms. The van der Waals surface area contributed by atoms with Gasteiger partial charge in [-0.1, -0.05) is 37.5 Å². The van der Waals surface area contributed by atoms with Gasteiger partial charge in [0.2, 0.25) is 11.2 Å². The number of nitrogens with one attached hydrogen (secondary N) is 1. The minimum atomic E-state index is -4.73. The Hall–Kier alpha value is -2.30. The average molecular weight is 542 g/mol. The van der Waals surface area contributed by atoms with E-state index in [9.17, 15) is 16.5 Å². The molecule has 1 atom stereocenters. The molecule has 1 saturated carbocycles. The lowest BCUT2D eigenvalue weighted by Crippen LogP contribution is -2.23. The second-order valence-electron chi connectivity index (χ2n) is 8.90. The van der Waals surface area contributed by atoms with E-state index >= 15 is 0 Å². The van der Waals surface area contributed by atoms with E-state index in [-0.39, 0.29) is 0 Å². The Labute approximate surface area is 217 Å². The smallest absolute Gasteiger partial charge is 0.211 e. The van der Waals surface area contributed by atoms with Crippen LogP contribution in [0.5, 0.6) is 5.75 Å². The van der Waals surface area contributed by atoms with Crippen molar-refractivity contribution >= 4 is 44.7 Å². The monoisotopic (exact) mass is 541 g/mol. The number of halogens is 3. The Kier molecular flexibility index (Phi) is 10.4. The van der Waals surface area contributed by atoms with E-state index in [1.165, 1.54) is 16.9 Å². The lowest BCUT2D eigenvalue weighted by molar-refractivity contribution is 0.112. The van der Waals surface area contributed by atoms with Crippen LogP contribution in [0.4, 0.5) is 17.3 Å². The number of benzene rings is 1. The van der Waals surface area contributed by atoms with Crippen LogP contribution in [0.2, 0.25) is 0 Å². The highest BCUT2D eigenvalue weighted by Gasteiger charge is 2.34. The summed E-state index contributed by atoms with van der Waals surface area (Å²) < 4.78 is 42.6. The molecule has 10 heteroatoms. The molecule has 0 radical (unpaired) electrons. The molecule has 1 N–H and O–H groups in total. The Bertz CT molecular complexity index is 1120. The van der Waals surface area contributed by atoms with Crippen LogP contribution in [0.25, 0.3) is 10.2 Å². The molecule has 1 aromatic carbocycles. The lowest BCUT2D eigenvalue weighted by atomic mass is 10.0. The SMILES string of the molecule is CN(C)c1c(C=O)sc2cccnc12.CNC1CCOc2ccccc21.FS(F)(F)C1CCCCC1. The van der Waals surface area contributed by atoms with Crippen molar-refractivity contribution in [3.63, 3.8) is 0 Å². The summed E-state index contributed by atoms with van der Waals surface area (Å²) in [5, 5.41) is 2.36. The van der Waals surface area contributed by atoms with Gasteiger partial charge in [-0.2, -0.15) is 0 Å². The zero-order valence-corrected chi connectivity index (χ0v) is 22.5. The minimum absolute atomic E-state index is 0.388. The molecule has 5 nitrogen and oxygen atoms in total.